The molecule has 0 spiro atoms. The van der Waals surface area contributed by atoms with Gasteiger partial charge in [-0.25, -0.2) is 9.29 Å². The fraction of sp³-hybridized carbons (Fsp3) is 0.467. The average Bonchev–Trinajstić information content (AvgIpc) is 2.92. The highest BCUT2D eigenvalue weighted by atomic mass is 19.1. The number of carbonyl (C=O) groups is 2. The standard InChI is InChI=1S/C30H40FN3O6/c1-6-7-13-26(29(36)32-5)33(19-35)17-24-20(2)10-8-14-27(24)39-18-23-11-9-12-25(28(23)31)30(37,38)34-15-21(3)40-22(4)16-34/h6,8-12,14,19,21-22,26,37-38H,1,7,13,15-18H2,2-5H3,(H,32,36). The summed E-state index contributed by atoms with van der Waals surface area (Å²) >= 11 is 0. The number of allylic oxidation sites excluding steroid dienone is 1. The van der Waals surface area contributed by atoms with E-state index in [1.54, 1.807) is 24.3 Å². The highest BCUT2D eigenvalue weighted by molar-refractivity contribution is 5.83. The van der Waals surface area contributed by atoms with Gasteiger partial charge >= 0.3 is 0 Å². The Hall–Kier alpha value is -3.31. The van der Waals surface area contributed by atoms with E-state index in [0.29, 0.717) is 30.6 Å². The summed E-state index contributed by atoms with van der Waals surface area (Å²) in [5.41, 5.74) is 1.36. The van der Waals surface area contributed by atoms with Crippen molar-refractivity contribution in [1.82, 2.24) is 15.1 Å². The second-order valence-electron chi connectivity index (χ2n) is 10.2. The van der Waals surface area contributed by atoms with Crippen molar-refractivity contribution in [2.75, 3.05) is 20.1 Å². The molecule has 2 aromatic rings. The third kappa shape index (κ3) is 7.25. The van der Waals surface area contributed by atoms with Crippen molar-refractivity contribution < 1.29 is 33.7 Å². The molecule has 218 valence electrons. The number of halogens is 1. The normalized spacial score (nSPS) is 18.6. The first-order chi connectivity index (χ1) is 19.0. The first-order valence-corrected chi connectivity index (χ1v) is 13.4. The van der Waals surface area contributed by atoms with E-state index in [4.69, 9.17) is 9.47 Å². The molecular weight excluding hydrogens is 517 g/mol. The summed E-state index contributed by atoms with van der Waals surface area (Å²) in [4.78, 5) is 27.4. The Kier molecular flexibility index (Phi) is 10.8. The smallest absolute Gasteiger partial charge is 0.256 e. The second kappa shape index (κ2) is 13.8. The van der Waals surface area contributed by atoms with Crippen molar-refractivity contribution in [3.05, 3.63) is 77.1 Å². The summed E-state index contributed by atoms with van der Waals surface area (Å²) in [6.07, 6.45) is 2.79. The van der Waals surface area contributed by atoms with Gasteiger partial charge in [0.2, 0.25) is 12.3 Å². The van der Waals surface area contributed by atoms with E-state index in [1.165, 1.54) is 29.0 Å². The Morgan fingerprint density at radius 3 is 2.58 bits per heavy atom. The van der Waals surface area contributed by atoms with Crippen LogP contribution in [0.5, 0.6) is 5.75 Å². The van der Waals surface area contributed by atoms with Crippen LogP contribution >= 0.6 is 0 Å². The fourth-order valence-electron chi connectivity index (χ4n) is 5.02. The average molecular weight is 558 g/mol. The molecule has 1 aliphatic rings. The molecule has 0 saturated carbocycles. The van der Waals surface area contributed by atoms with Crippen LogP contribution in [0.3, 0.4) is 0 Å². The van der Waals surface area contributed by atoms with Gasteiger partial charge in [-0.15, -0.1) is 6.58 Å². The summed E-state index contributed by atoms with van der Waals surface area (Å²) in [6, 6.07) is 9.06. The molecule has 3 rings (SSSR count). The van der Waals surface area contributed by atoms with Gasteiger partial charge in [-0.1, -0.05) is 30.3 Å². The van der Waals surface area contributed by atoms with Crippen molar-refractivity contribution in [2.45, 2.75) is 70.9 Å². The highest BCUT2D eigenvalue weighted by Crippen LogP contribution is 2.31. The number of morpholine rings is 1. The van der Waals surface area contributed by atoms with E-state index in [-0.39, 0.29) is 55.5 Å². The topological polar surface area (TPSA) is 112 Å². The van der Waals surface area contributed by atoms with Crippen LogP contribution in [-0.2, 0) is 33.4 Å². The predicted octanol–water partition coefficient (Wildman–Crippen LogP) is 2.96. The number of hydrogen-bond acceptors (Lipinski definition) is 7. The van der Waals surface area contributed by atoms with Gasteiger partial charge in [0, 0.05) is 31.3 Å². The van der Waals surface area contributed by atoms with Gasteiger partial charge in [0.1, 0.15) is 24.2 Å². The first-order valence-electron chi connectivity index (χ1n) is 13.4. The molecule has 1 heterocycles. The van der Waals surface area contributed by atoms with Crippen LogP contribution in [0.4, 0.5) is 4.39 Å². The lowest BCUT2D eigenvalue weighted by molar-refractivity contribution is -0.300. The van der Waals surface area contributed by atoms with E-state index in [1.807, 2.05) is 26.8 Å². The minimum atomic E-state index is -2.54. The van der Waals surface area contributed by atoms with Crippen LogP contribution in [0.25, 0.3) is 0 Å². The molecule has 0 aromatic heterocycles. The number of rotatable bonds is 13. The van der Waals surface area contributed by atoms with Crippen molar-refractivity contribution in [3.8, 4) is 5.75 Å². The first kappa shape index (κ1) is 31.2. The Morgan fingerprint density at radius 1 is 1.27 bits per heavy atom. The number of likely N-dealkylation sites (N-methyl/N-ethyl adjacent to an activating group) is 1. The summed E-state index contributed by atoms with van der Waals surface area (Å²) in [5.74, 6) is -3.19. The summed E-state index contributed by atoms with van der Waals surface area (Å²) in [7, 11) is 1.52. The zero-order valence-corrected chi connectivity index (χ0v) is 23.6. The quantitative estimate of drug-likeness (QED) is 0.197. The Bertz CT molecular complexity index is 1180. The molecule has 1 aliphatic heterocycles. The lowest BCUT2D eigenvalue weighted by Crippen LogP contribution is -2.56. The molecule has 2 amide bonds. The Balaban J connectivity index is 1.84. The number of aryl methyl sites for hydroxylation is 1. The lowest BCUT2D eigenvalue weighted by atomic mass is 10.0. The molecule has 1 fully saturated rings. The maximum absolute atomic E-state index is 15.7. The van der Waals surface area contributed by atoms with E-state index in [9.17, 15) is 19.8 Å². The number of carbonyl (C=O) groups excluding carboxylic acids is 2. The van der Waals surface area contributed by atoms with Gasteiger partial charge in [0.25, 0.3) is 5.91 Å². The number of nitrogens with zero attached hydrogens (tertiary/aromatic N) is 2. The Labute approximate surface area is 235 Å². The molecular formula is C30H40FN3O6. The number of nitrogens with one attached hydrogen (secondary N) is 1. The van der Waals surface area contributed by atoms with Crippen molar-refractivity contribution >= 4 is 12.3 Å². The number of hydrogen-bond donors (Lipinski definition) is 3. The fourth-order valence-corrected chi connectivity index (χ4v) is 5.02. The molecule has 2 aromatic carbocycles. The second-order valence-corrected chi connectivity index (χ2v) is 10.2. The zero-order valence-electron chi connectivity index (χ0n) is 23.6. The van der Waals surface area contributed by atoms with E-state index in [2.05, 4.69) is 11.9 Å². The molecule has 0 bridgehead atoms. The van der Waals surface area contributed by atoms with E-state index >= 15 is 4.39 Å². The number of amides is 2. The predicted molar refractivity (Wildman–Crippen MR) is 149 cm³/mol. The molecule has 40 heavy (non-hydrogen) atoms. The van der Waals surface area contributed by atoms with Crippen LogP contribution in [0.1, 0.15) is 48.9 Å². The van der Waals surface area contributed by atoms with E-state index < -0.39 is 17.8 Å². The molecule has 1 saturated heterocycles. The molecule has 3 N–H and O–H groups in total. The number of aliphatic hydroxyl groups is 2. The lowest BCUT2D eigenvalue weighted by Gasteiger charge is -2.42. The monoisotopic (exact) mass is 557 g/mol. The number of ether oxygens (including phenoxy) is 2. The van der Waals surface area contributed by atoms with Crippen LogP contribution in [0, 0.1) is 12.7 Å². The van der Waals surface area contributed by atoms with Gasteiger partial charge in [-0.05, 0) is 51.3 Å². The van der Waals surface area contributed by atoms with Crippen molar-refractivity contribution in [1.29, 1.82) is 0 Å². The third-order valence-electron chi connectivity index (χ3n) is 7.12. The SMILES string of the molecule is C=CCCC(C(=O)NC)N(C=O)Cc1c(C)cccc1OCc1cccc(C(O)(O)N2CC(C)OC(C)C2)c1F. The van der Waals surface area contributed by atoms with Crippen LogP contribution in [0.2, 0.25) is 0 Å². The van der Waals surface area contributed by atoms with Crippen LogP contribution < -0.4 is 10.1 Å². The van der Waals surface area contributed by atoms with Crippen molar-refractivity contribution in [3.63, 3.8) is 0 Å². The number of benzene rings is 2. The maximum Gasteiger partial charge on any atom is 0.256 e. The Morgan fingerprint density at radius 2 is 1.95 bits per heavy atom. The summed E-state index contributed by atoms with van der Waals surface area (Å²) in [6.45, 7) is 9.56. The molecule has 3 atom stereocenters. The van der Waals surface area contributed by atoms with Gasteiger partial charge in [0.05, 0.1) is 24.3 Å². The summed E-state index contributed by atoms with van der Waals surface area (Å²) in [5, 5.41) is 24.6. The molecule has 10 heteroatoms. The molecule has 0 aliphatic carbocycles. The van der Waals surface area contributed by atoms with Gasteiger partial charge in [-0.2, -0.15) is 0 Å². The van der Waals surface area contributed by atoms with Gasteiger partial charge in [-0.3, -0.25) is 9.59 Å². The minimum Gasteiger partial charge on any atom is -0.488 e. The molecule has 3 unspecified atom stereocenters. The largest absolute Gasteiger partial charge is 0.488 e. The van der Waals surface area contributed by atoms with Gasteiger partial charge < -0.3 is 29.9 Å². The molecule has 9 nitrogen and oxygen atoms in total. The zero-order chi connectivity index (χ0) is 29.4. The molecule has 0 radical (unpaired) electrons. The summed E-state index contributed by atoms with van der Waals surface area (Å²) < 4.78 is 27.4. The maximum atomic E-state index is 15.7. The minimum absolute atomic E-state index is 0.104. The highest BCUT2D eigenvalue weighted by Gasteiger charge is 2.41. The van der Waals surface area contributed by atoms with E-state index in [0.717, 1.165) is 5.56 Å². The van der Waals surface area contributed by atoms with Crippen molar-refractivity contribution in [2.24, 2.45) is 0 Å². The van der Waals surface area contributed by atoms with Crippen LogP contribution in [-0.4, -0.2) is 70.7 Å². The van der Waals surface area contributed by atoms with Gasteiger partial charge in [0.15, 0.2) is 0 Å². The third-order valence-corrected chi connectivity index (χ3v) is 7.12. The van der Waals surface area contributed by atoms with Crippen LogP contribution in [0.15, 0.2) is 49.1 Å².